The van der Waals surface area contributed by atoms with Crippen molar-refractivity contribution in [2.45, 2.75) is 32.3 Å². The van der Waals surface area contributed by atoms with Gasteiger partial charge in [0.15, 0.2) is 0 Å². The molecule has 1 aromatic heterocycles. The van der Waals surface area contributed by atoms with E-state index >= 15 is 0 Å². The van der Waals surface area contributed by atoms with Crippen LogP contribution in [0.4, 0.5) is 0 Å². The third-order valence-corrected chi connectivity index (χ3v) is 3.75. The van der Waals surface area contributed by atoms with Gasteiger partial charge in [0.2, 0.25) is 0 Å². The first-order valence-electron chi connectivity index (χ1n) is 7.04. The number of hydrogen-bond acceptors (Lipinski definition) is 2. The molecule has 2 aromatic rings. The maximum Gasteiger partial charge on any atom is 0.0827 e. The highest BCUT2D eigenvalue weighted by atomic mass is 16.5. The molecule has 19 heavy (non-hydrogen) atoms. The Hall–Kier alpha value is -1.67. The Balaban J connectivity index is 2.06. The Kier molecular flexibility index (Phi) is 3.60. The lowest BCUT2D eigenvalue weighted by Gasteiger charge is -2.27. The monoisotopic (exact) mass is 253 g/mol. The van der Waals surface area contributed by atoms with E-state index in [9.17, 15) is 0 Å². The highest BCUT2D eigenvalue weighted by molar-refractivity contribution is 5.68. The lowest BCUT2D eigenvalue weighted by molar-refractivity contribution is 0.0362. The Labute approximate surface area is 114 Å². The SMILES string of the molecule is CCCC1OCCc2c(-c3cccnc3)cccc21. The number of benzene rings is 1. The highest BCUT2D eigenvalue weighted by Crippen LogP contribution is 2.36. The van der Waals surface area contributed by atoms with E-state index in [4.69, 9.17) is 4.74 Å². The normalized spacial score (nSPS) is 18.1. The van der Waals surface area contributed by atoms with Crippen LogP contribution in [0.5, 0.6) is 0 Å². The van der Waals surface area contributed by atoms with Crippen LogP contribution < -0.4 is 0 Å². The minimum Gasteiger partial charge on any atom is -0.373 e. The van der Waals surface area contributed by atoms with Crippen molar-refractivity contribution in [2.24, 2.45) is 0 Å². The van der Waals surface area contributed by atoms with Gasteiger partial charge in [-0.25, -0.2) is 0 Å². The third-order valence-electron chi connectivity index (χ3n) is 3.75. The fourth-order valence-electron chi connectivity index (χ4n) is 2.87. The van der Waals surface area contributed by atoms with Crippen LogP contribution in [0.3, 0.4) is 0 Å². The summed E-state index contributed by atoms with van der Waals surface area (Å²) in [6, 6.07) is 10.7. The first-order chi connectivity index (χ1) is 9.40. The minimum absolute atomic E-state index is 0.269. The minimum atomic E-state index is 0.269. The van der Waals surface area contributed by atoms with Gasteiger partial charge in [0.05, 0.1) is 12.7 Å². The fraction of sp³-hybridized carbons (Fsp3) is 0.353. The molecular weight excluding hydrogens is 234 g/mol. The molecule has 1 aromatic carbocycles. The number of rotatable bonds is 3. The van der Waals surface area contributed by atoms with Crippen molar-refractivity contribution in [3.63, 3.8) is 0 Å². The van der Waals surface area contributed by atoms with Gasteiger partial charge in [0.1, 0.15) is 0 Å². The number of fused-ring (bicyclic) bond motifs is 1. The number of hydrogen-bond donors (Lipinski definition) is 0. The topological polar surface area (TPSA) is 22.1 Å². The van der Waals surface area contributed by atoms with Crippen LogP contribution >= 0.6 is 0 Å². The average molecular weight is 253 g/mol. The molecule has 3 rings (SSSR count). The van der Waals surface area contributed by atoms with Crippen LogP contribution in [0.2, 0.25) is 0 Å². The molecule has 0 bridgehead atoms. The molecule has 0 N–H and O–H groups in total. The van der Waals surface area contributed by atoms with Crippen LogP contribution in [0, 0.1) is 0 Å². The van der Waals surface area contributed by atoms with Crippen molar-refractivity contribution in [3.05, 3.63) is 53.9 Å². The molecule has 1 aliphatic rings. The molecule has 98 valence electrons. The zero-order chi connectivity index (χ0) is 13.1. The summed E-state index contributed by atoms with van der Waals surface area (Å²) in [5, 5.41) is 0. The molecule has 0 saturated carbocycles. The largest absolute Gasteiger partial charge is 0.373 e. The van der Waals surface area contributed by atoms with Crippen LogP contribution in [-0.2, 0) is 11.2 Å². The Morgan fingerprint density at radius 2 is 2.21 bits per heavy atom. The molecule has 2 nitrogen and oxygen atoms in total. The molecule has 2 heterocycles. The van der Waals surface area contributed by atoms with Gasteiger partial charge in [0.25, 0.3) is 0 Å². The van der Waals surface area contributed by atoms with E-state index in [0.717, 1.165) is 25.9 Å². The molecule has 0 fully saturated rings. The second kappa shape index (κ2) is 5.54. The van der Waals surface area contributed by atoms with E-state index in [2.05, 4.69) is 36.2 Å². The molecule has 2 heteroatoms. The maximum absolute atomic E-state index is 5.92. The molecule has 1 unspecified atom stereocenters. The summed E-state index contributed by atoms with van der Waals surface area (Å²) >= 11 is 0. The van der Waals surface area contributed by atoms with Crippen molar-refractivity contribution in [1.82, 2.24) is 4.98 Å². The smallest absolute Gasteiger partial charge is 0.0827 e. The Morgan fingerprint density at radius 1 is 1.26 bits per heavy atom. The first-order valence-corrected chi connectivity index (χ1v) is 7.04. The number of pyridine rings is 1. The van der Waals surface area contributed by atoms with Crippen LogP contribution in [0.1, 0.15) is 37.0 Å². The first kappa shape index (κ1) is 12.4. The Morgan fingerprint density at radius 3 is 3.00 bits per heavy atom. The molecule has 0 aliphatic carbocycles. The molecule has 0 saturated heterocycles. The van der Waals surface area contributed by atoms with E-state index in [0.29, 0.717) is 0 Å². The van der Waals surface area contributed by atoms with Crippen LogP contribution in [0.25, 0.3) is 11.1 Å². The lowest BCUT2D eigenvalue weighted by atomic mass is 9.89. The van der Waals surface area contributed by atoms with Crippen LogP contribution in [0.15, 0.2) is 42.7 Å². The number of nitrogens with zero attached hydrogens (tertiary/aromatic N) is 1. The summed E-state index contributed by atoms with van der Waals surface area (Å²) in [4.78, 5) is 4.23. The summed E-state index contributed by atoms with van der Waals surface area (Å²) in [6.45, 7) is 3.04. The summed E-state index contributed by atoms with van der Waals surface area (Å²) in [6.07, 6.45) is 7.29. The van der Waals surface area contributed by atoms with E-state index in [1.54, 1.807) is 0 Å². The molecular formula is C17H19NO. The van der Waals surface area contributed by atoms with Gasteiger partial charge in [-0.3, -0.25) is 4.98 Å². The van der Waals surface area contributed by atoms with E-state index < -0.39 is 0 Å². The van der Waals surface area contributed by atoms with E-state index in [1.165, 1.54) is 22.3 Å². The van der Waals surface area contributed by atoms with Gasteiger partial charge in [-0.15, -0.1) is 0 Å². The van der Waals surface area contributed by atoms with Gasteiger partial charge in [-0.2, -0.15) is 0 Å². The molecule has 0 radical (unpaired) electrons. The molecule has 0 spiro atoms. The summed E-state index contributed by atoms with van der Waals surface area (Å²) in [5.74, 6) is 0. The average Bonchev–Trinajstić information content (AvgIpc) is 2.48. The van der Waals surface area contributed by atoms with Gasteiger partial charge in [-0.1, -0.05) is 37.6 Å². The van der Waals surface area contributed by atoms with E-state index in [-0.39, 0.29) is 6.10 Å². The molecule has 1 aliphatic heterocycles. The standard InChI is InChI=1S/C17H19NO/c1-2-5-17-16-8-3-7-14(15(16)9-11-19-17)13-6-4-10-18-12-13/h3-4,6-8,10,12,17H,2,5,9,11H2,1H3. The van der Waals surface area contributed by atoms with Gasteiger partial charge in [0, 0.05) is 18.0 Å². The quantitative estimate of drug-likeness (QED) is 0.819. The van der Waals surface area contributed by atoms with E-state index in [1.807, 2.05) is 18.5 Å². The zero-order valence-corrected chi connectivity index (χ0v) is 11.3. The van der Waals surface area contributed by atoms with Crippen LogP contribution in [-0.4, -0.2) is 11.6 Å². The van der Waals surface area contributed by atoms with Gasteiger partial charge < -0.3 is 4.74 Å². The second-order valence-corrected chi connectivity index (χ2v) is 5.01. The third kappa shape index (κ3) is 2.41. The van der Waals surface area contributed by atoms with Crippen molar-refractivity contribution in [2.75, 3.05) is 6.61 Å². The highest BCUT2D eigenvalue weighted by Gasteiger charge is 2.22. The van der Waals surface area contributed by atoms with Crippen molar-refractivity contribution in [1.29, 1.82) is 0 Å². The zero-order valence-electron chi connectivity index (χ0n) is 11.3. The van der Waals surface area contributed by atoms with Crippen molar-refractivity contribution < 1.29 is 4.74 Å². The number of aromatic nitrogens is 1. The molecule has 1 atom stereocenters. The Bertz CT molecular complexity index is 550. The number of ether oxygens (including phenoxy) is 1. The lowest BCUT2D eigenvalue weighted by Crippen LogP contribution is -2.17. The van der Waals surface area contributed by atoms with Gasteiger partial charge in [-0.05, 0) is 35.6 Å². The van der Waals surface area contributed by atoms with Crippen molar-refractivity contribution in [3.8, 4) is 11.1 Å². The predicted molar refractivity (Wildman–Crippen MR) is 77.0 cm³/mol. The summed E-state index contributed by atoms with van der Waals surface area (Å²) < 4.78 is 5.92. The van der Waals surface area contributed by atoms with Gasteiger partial charge >= 0.3 is 0 Å². The summed E-state index contributed by atoms with van der Waals surface area (Å²) in [7, 11) is 0. The second-order valence-electron chi connectivity index (χ2n) is 5.01. The molecule has 0 amide bonds. The summed E-state index contributed by atoms with van der Waals surface area (Å²) in [5.41, 5.74) is 5.33. The predicted octanol–water partition coefficient (Wildman–Crippen LogP) is 4.16. The fourth-order valence-corrected chi connectivity index (χ4v) is 2.87. The van der Waals surface area contributed by atoms with Crippen molar-refractivity contribution >= 4 is 0 Å². The maximum atomic E-state index is 5.92.